The highest BCUT2D eigenvalue weighted by atomic mass is 19.3. The van der Waals surface area contributed by atoms with Gasteiger partial charge in [-0.2, -0.15) is 35.1 Å². The summed E-state index contributed by atoms with van der Waals surface area (Å²) in [5, 5.41) is 21.8. The van der Waals surface area contributed by atoms with E-state index < -0.39 is 101 Å². The Morgan fingerprint density at radius 1 is 0.587 bits per heavy atom. The summed E-state index contributed by atoms with van der Waals surface area (Å²) in [4.78, 5) is 24.5. The van der Waals surface area contributed by atoms with E-state index in [-0.39, 0.29) is 0 Å². The van der Waals surface area contributed by atoms with E-state index in [1.54, 1.807) is 24.3 Å². The molecule has 46 heavy (non-hydrogen) atoms. The number of alkyl halides is 8. The number of hydrogen-bond acceptors (Lipinski definition) is 10. The third kappa shape index (κ3) is 12.3. The number of rotatable bonds is 20. The number of carbonyl (C=O) groups is 2. The van der Waals surface area contributed by atoms with Crippen LogP contribution in [0.1, 0.15) is 38.8 Å². The van der Waals surface area contributed by atoms with E-state index in [0.717, 1.165) is 0 Å². The number of amides is 2. The highest BCUT2D eigenvalue weighted by Crippen LogP contribution is 2.37. The summed E-state index contributed by atoms with van der Waals surface area (Å²) in [5.74, 6) is 0. The Morgan fingerprint density at radius 3 is 1.20 bits per heavy atom. The molecule has 0 aliphatic carbocycles. The zero-order valence-corrected chi connectivity index (χ0v) is 25.2. The van der Waals surface area contributed by atoms with Crippen LogP contribution in [0.2, 0.25) is 0 Å². The van der Waals surface area contributed by atoms with E-state index in [4.69, 9.17) is 19.7 Å². The molecule has 12 nitrogen and oxygen atoms in total. The van der Waals surface area contributed by atoms with Gasteiger partial charge in [-0.25, -0.2) is 9.59 Å². The Bertz CT molecular complexity index is 1040. The summed E-state index contributed by atoms with van der Waals surface area (Å²) >= 11 is 0. The van der Waals surface area contributed by atoms with E-state index in [9.17, 15) is 44.7 Å². The summed E-state index contributed by atoms with van der Waals surface area (Å²) in [7, 11) is 0. The Balaban J connectivity index is 2.68. The molecular formula is C26H36F8N2O10. The van der Waals surface area contributed by atoms with Crippen molar-refractivity contribution < 1.29 is 83.3 Å². The second-order valence-electron chi connectivity index (χ2n) is 10.3. The summed E-state index contributed by atoms with van der Waals surface area (Å²) in [6.07, 6.45) is -22.5. The van der Waals surface area contributed by atoms with E-state index in [1.165, 1.54) is 27.7 Å². The quantitative estimate of drug-likeness (QED) is 0.117. The van der Waals surface area contributed by atoms with Crippen molar-refractivity contribution in [1.82, 2.24) is 10.6 Å². The van der Waals surface area contributed by atoms with Crippen LogP contribution in [-0.2, 0) is 39.5 Å². The zero-order valence-electron chi connectivity index (χ0n) is 25.2. The fraction of sp³-hybridized carbons (Fsp3) is 0.692. The van der Waals surface area contributed by atoms with Crippen LogP contribution < -0.4 is 10.6 Å². The first-order valence-electron chi connectivity index (χ1n) is 13.3. The fourth-order valence-electron chi connectivity index (χ4n) is 3.32. The molecule has 0 heterocycles. The van der Waals surface area contributed by atoms with Crippen LogP contribution in [0.15, 0.2) is 24.3 Å². The standard InChI is InChI=1S/C26H36F8N2O10/c1-21(2,35-19(39)41-12-14-45-25(31,32)23(27,28)43-10-8-37)17-6-5-7-18(16-17)22(3,4)36-20(40)42-13-15-46-26(33,34)24(29,30)44-11-9-38/h5-7,16,37-38H,8-15H2,1-4H3,(H,35,39)(H,36,40). The Kier molecular flexibility index (Phi) is 14.9. The molecule has 20 heteroatoms. The van der Waals surface area contributed by atoms with Gasteiger partial charge >= 0.3 is 36.6 Å². The van der Waals surface area contributed by atoms with E-state index in [2.05, 4.69) is 29.6 Å². The lowest BCUT2D eigenvalue weighted by Gasteiger charge is -2.31. The third-order valence-corrected chi connectivity index (χ3v) is 5.76. The Hall–Kier alpha value is -3.04. The van der Waals surface area contributed by atoms with Gasteiger partial charge in [-0.05, 0) is 38.8 Å². The van der Waals surface area contributed by atoms with Gasteiger partial charge in [0, 0.05) is 0 Å². The van der Waals surface area contributed by atoms with Gasteiger partial charge in [0.25, 0.3) is 0 Å². The molecule has 0 atom stereocenters. The van der Waals surface area contributed by atoms with E-state index in [0.29, 0.717) is 11.1 Å². The summed E-state index contributed by atoms with van der Waals surface area (Å²) in [5.41, 5.74) is -1.50. The predicted molar refractivity (Wildman–Crippen MR) is 139 cm³/mol. The second kappa shape index (κ2) is 16.7. The zero-order chi connectivity index (χ0) is 35.5. The van der Waals surface area contributed by atoms with Gasteiger partial charge in [0.2, 0.25) is 0 Å². The molecule has 0 saturated carbocycles. The van der Waals surface area contributed by atoms with Crippen LogP contribution in [0.4, 0.5) is 44.7 Å². The monoisotopic (exact) mass is 688 g/mol. The molecule has 0 spiro atoms. The van der Waals surface area contributed by atoms with E-state index >= 15 is 0 Å². The van der Waals surface area contributed by atoms with E-state index in [1.807, 2.05) is 0 Å². The first-order valence-corrected chi connectivity index (χ1v) is 13.3. The van der Waals surface area contributed by atoms with Crippen molar-refractivity contribution in [1.29, 1.82) is 0 Å². The summed E-state index contributed by atoms with van der Waals surface area (Å²) < 4.78 is 132. The number of halogens is 8. The van der Waals surface area contributed by atoms with Gasteiger partial charge in [-0.15, -0.1) is 0 Å². The van der Waals surface area contributed by atoms with Crippen molar-refractivity contribution >= 4 is 12.2 Å². The first-order chi connectivity index (χ1) is 21.0. The maximum atomic E-state index is 13.5. The lowest BCUT2D eigenvalue weighted by atomic mass is 9.87. The number of ether oxygens (including phenoxy) is 6. The highest BCUT2D eigenvalue weighted by molar-refractivity contribution is 5.69. The molecule has 0 aromatic heterocycles. The van der Waals surface area contributed by atoms with Crippen molar-refractivity contribution in [2.75, 3.05) is 52.9 Å². The molecular weight excluding hydrogens is 652 g/mol. The molecule has 4 N–H and O–H groups in total. The average Bonchev–Trinajstić information content (AvgIpc) is 2.95. The van der Waals surface area contributed by atoms with Crippen LogP contribution in [0.3, 0.4) is 0 Å². The maximum Gasteiger partial charge on any atom is 0.448 e. The minimum atomic E-state index is -5.08. The van der Waals surface area contributed by atoms with Gasteiger partial charge < -0.3 is 49.3 Å². The molecule has 0 aliphatic rings. The molecule has 0 bridgehead atoms. The number of aliphatic hydroxyl groups excluding tert-OH is 2. The van der Waals surface area contributed by atoms with Gasteiger partial charge in [0.1, 0.15) is 13.2 Å². The van der Waals surface area contributed by atoms with Crippen LogP contribution in [-0.4, -0.2) is 99.7 Å². The number of carbonyl (C=O) groups excluding carboxylic acids is 2. The maximum absolute atomic E-state index is 13.5. The topological polar surface area (TPSA) is 154 Å². The number of hydrogen-bond donors (Lipinski definition) is 4. The number of nitrogens with one attached hydrogen (secondary N) is 2. The fourth-order valence-corrected chi connectivity index (χ4v) is 3.32. The van der Waals surface area contributed by atoms with Crippen LogP contribution in [0, 0.1) is 0 Å². The molecule has 0 aliphatic heterocycles. The van der Waals surface area contributed by atoms with Crippen LogP contribution in [0.5, 0.6) is 0 Å². The average molecular weight is 689 g/mol. The van der Waals surface area contributed by atoms with Gasteiger partial charge in [0.05, 0.1) is 50.7 Å². The molecule has 1 aromatic carbocycles. The van der Waals surface area contributed by atoms with Crippen molar-refractivity contribution in [3.8, 4) is 0 Å². The normalized spacial score (nSPS) is 13.3. The lowest BCUT2D eigenvalue weighted by Crippen LogP contribution is -2.46. The Labute approximate surface area is 258 Å². The summed E-state index contributed by atoms with van der Waals surface area (Å²) in [6, 6.07) is 6.26. The summed E-state index contributed by atoms with van der Waals surface area (Å²) in [6.45, 7) is -1.89. The molecule has 0 radical (unpaired) electrons. The van der Waals surface area contributed by atoms with Crippen molar-refractivity contribution in [3.05, 3.63) is 35.4 Å². The molecule has 0 saturated heterocycles. The number of aliphatic hydroxyl groups is 2. The molecule has 2 amide bonds. The molecule has 0 unspecified atom stereocenters. The molecule has 0 fully saturated rings. The molecule has 1 aromatic rings. The number of benzene rings is 1. The minimum absolute atomic E-state index is 0.439. The first kappa shape index (κ1) is 41.0. The van der Waals surface area contributed by atoms with Gasteiger partial charge in [-0.3, -0.25) is 0 Å². The van der Waals surface area contributed by atoms with Crippen molar-refractivity contribution in [3.63, 3.8) is 0 Å². The van der Waals surface area contributed by atoms with Crippen molar-refractivity contribution in [2.24, 2.45) is 0 Å². The third-order valence-electron chi connectivity index (χ3n) is 5.76. The largest absolute Gasteiger partial charge is 0.448 e. The second-order valence-corrected chi connectivity index (χ2v) is 10.3. The smallest absolute Gasteiger partial charge is 0.447 e. The van der Waals surface area contributed by atoms with Crippen molar-refractivity contribution in [2.45, 2.75) is 63.2 Å². The molecule has 1 rings (SSSR count). The minimum Gasteiger partial charge on any atom is -0.447 e. The number of alkyl carbamates (subject to hydrolysis) is 2. The van der Waals surface area contributed by atoms with Gasteiger partial charge in [0.15, 0.2) is 0 Å². The molecule has 266 valence electrons. The Morgan fingerprint density at radius 2 is 0.891 bits per heavy atom. The van der Waals surface area contributed by atoms with Gasteiger partial charge in [-0.1, -0.05) is 24.3 Å². The lowest BCUT2D eigenvalue weighted by molar-refractivity contribution is -0.431. The highest BCUT2D eigenvalue weighted by Gasteiger charge is 2.60. The predicted octanol–water partition coefficient (Wildman–Crippen LogP) is 4.03. The van der Waals surface area contributed by atoms with Crippen LogP contribution in [0.25, 0.3) is 0 Å². The van der Waals surface area contributed by atoms with Crippen LogP contribution >= 0.6 is 0 Å². The SMILES string of the molecule is CC(C)(NC(=O)OCCOC(F)(F)C(F)(F)OCCO)c1cccc(C(C)(C)NC(=O)OCCOC(F)(F)C(F)(F)OCCO)c1.